The maximum atomic E-state index is 10.4. The van der Waals surface area contributed by atoms with Crippen molar-refractivity contribution < 1.29 is 19.1 Å². The van der Waals surface area contributed by atoms with E-state index >= 15 is 0 Å². The number of allylic oxidation sites excluding steroid dienone is 6. The summed E-state index contributed by atoms with van der Waals surface area (Å²) in [6.45, 7) is 40.3. The standard InChI is InChI=1S/2C14H23NO.2C13H21NO/c1-5-6-7-14(4)9-12(16-11-15)8-13(2,3)10-14;1-5-6-7-14(4)9-12(15-11-16)8-13(2,3)10-14;1-5-11-6-12(2,3)8-13(4,7-11)9-15-10-14;1-5-11-6-12(2,3)8-13(4,7-11)9-14-10-15/h2*5-6,12H,7-10H2,1-4H3;2*5,11H,1,6-9H2,2-4H3. The molecule has 4 fully saturated rings. The zero-order valence-corrected chi connectivity index (χ0v) is 41.9. The lowest BCUT2D eigenvalue weighted by Crippen LogP contribution is -2.38. The Kier molecular flexibility index (Phi) is 22.2. The van der Waals surface area contributed by atoms with Crippen molar-refractivity contribution in [1.29, 1.82) is 10.5 Å². The van der Waals surface area contributed by atoms with E-state index in [-0.39, 0.29) is 44.6 Å². The molecule has 8 nitrogen and oxygen atoms in total. The van der Waals surface area contributed by atoms with Gasteiger partial charge in [-0.1, -0.05) is 120 Å². The maximum Gasteiger partial charge on any atom is 0.286 e. The van der Waals surface area contributed by atoms with E-state index in [1.54, 1.807) is 18.4 Å². The van der Waals surface area contributed by atoms with Crippen LogP contribution in [0.2, 0.25) is 0 Å². The highest BCUT2D eigenvalue weighted by Crippen LogP contribution is 2.52. The first-order valence-corrected chi connectivity index (χ1v) is 23.3. The first-order valence-electron chi connectivity index (χ1n) is 23.3. The molecule has 0 bridgehead atoms. The van der Waals surface area contributed by atoms with E-state index < -0.39 is 0 Å². The lowest BCUT2D eigenvalue weighted by Gasteiger charge is -2.45. The van der Waals surface area contributed by atoms with Crippen LogP contribution in [0.4, 0.5) is 0 Å². The summed E-state index contributed by atoms with van der Waals surface area (Å²) in [5, 5.41) is 17.1. The Balaban J connectivity index is 0.000000414. The molecule has 4 saturated carbocycles. The van der Waals surface area contributed by atoms with E-state index in [2.05, 4.69) is 144 Å². The molecule has 0 spiro atoms. The van der Waals surface area contributed by atoms with Gasteiger partial charge in [-0.05, 0) is 153 Å². The molecule has 0 aromatic carbocycles. The molecule has 0 saturated heterocycles. The molecule has 4 rings (SSSR count). The Bertz CT molecular complexity index is 1670. The van der Waals surface area contributed by atoms with Crippen LogP contribution in [0, 0.1) is 78.2 Å². The van der Waals surface area contributed by atoms with Gasteiger partial charge in [0.15, 0.2) is 0 Å². The first-order chi connectivity index (χ1) is 28.6. The average Bonchev–Trinajstić information content (AvgIpc) is 3.12. The minimum absolute atomic E-state index is 0.101. The van der Waals surface area contributed by atoms with Gasteiger partial charge in [-0.2, -0.15) is 10.5 Å². The Morgan fingerprint density at radius 1 is 0.581 bits per heavy atom. The molecule has 0 aromatic rings. The summed E-state index contributed by atoms with van der Waals surface area (Å²) in [6, 6.07) is 0.163. The highest BCUT2D eigenvalue weighted by atomic mass is 16.5. The van der Waals surface area contributed by atoms with Crippen LogP contribution >= 0.6 is 0 Å². The first kappa shape index (κ1) is 56.3. The topological polar surface area (TPSA) is 125 Å². The lowest BCUT2D eigenvalue weighted by atomic mass is 9.61. The third-order valence-corrected chi connectivity index (χ3v) is 13.6. The minimum atomic E-state index is 0.101. The number of carbonyl (C=O) groups excluding carboxylic acids is 2. The predicted molar refractivity (Wildman–Crippen MR) is 256 cm³/mol. The SMILES string of the molecule is C=CC1CC(C)(C)CC(C)(CN=C=O)C1.C=CC1CC(C)(C)CC(C)(COC#N)C1.CC=CCC1(C)CC(N=C=O)CC(C)(C)C1.CC=CCC1(C)CC(OC#N)CC(C)(C)C1. The highest BCUT2D eigenvalue weighted by molar-refractivity contribution is 5.34. The normalized spacial score (nSPS) is 33.9. The molecule has 8 heteroatoms. The second-order valence-corrected chi connectivity index (χ2v) is 24.3. The van der Waals surface area contributed by atoms with Crippen LogP contribution in [0.5, 0.6) is 0 Å². The number of hydrogen-bond acceptors (Lipinski definition) is 8. The third-order valence-electron chi connectivity index (χ3n) is 13.6. The fourth-order valence-corrected chi connectivity index (χ4v) is 13.0. The molecule has 62 heavy (non-hydrogen) atoms. The van der Waals surface area contributed by atoms with Crippen molar-refractivity contribution in [3.05, 3.63) is 49.6 Å². The molecule has 4 aliphatic carbocycles. The summed E-state index contributed by atoms with van der Waals surface area (Å²) < 4.78 is 10.1. The number of rotatable bonds is 12. The number of hydrogen-bond donors (Lipinski definition) is 0. The number of ether oxygens (including phenoxy) is 2. The Labute approximate surface area is 379 Å². The molecular formula is C54H88N4O4. The van der Waals surface area contributed by atoms with Gasteiger partial charge < -0.3 is 9.47 Å². The van der Waals surface area contributed by atoms with Crippen LogP contribution in [-0.4, -0.2) is 37.5 Å². The molecule has 0 N–H and O–H groups in total. The van der Waals surface area contributed by atoms with Gasteiger partial charge in [0.1, 0.15) is 12.7 Å². The summed E-state index contributed by atoms with van der Waals surface area (Å²) >= 11 is 0. The van der Waals surface area contributed by atoms with Crippen molar-refractivity contribution in [2.45, 2.75) is 199 Å². The second kappa shape index (κ2) is 24.4. The van der Waals surface area contributed by atoms with Crippen LogP contribution in [0.3, 0.4) is 0 Å². The Hall–Kier alpha value is -3.70. The zero-order chi connectivity index (χ0) is 47.5. The van der Waals surface area contributed by atoms with Gasteiger partial charge in [0, 0.05) is 5.41 Å². The lowest BCUT2D eigenvalue weighted by molar-refractivity contribution is -0.00978. The van der Waals surface area contributed by atoms with Crippen molar-refractivity contribution >= 4 is 12.2 Å². The van der Waals surface area contributed by atoms with E-state index in [0.717, 1.165) is 64.2 Å². The van der Waals surface area contributed by atoms with E-state index in [1.165, 1.54) is 25.7 Å². The van der Waals surface area contributed by atoms with E-state index in [0.29, 0.717) is 35.8 Å². The molecule has 0 amide bonds. The summed E-state index contributed by atoms with van der Waals surface area (Å²) in [5.74, 6) is 1.11. The van der Waals surface area contributed by atoms with Crippen molar-refractivity contribution in [1.82, 2.24) is 0 Å². The molecule has 0 heterocycles. The van der Waals surface area contributed by atoms with Crippen molar-refractivity contribution in [3.8, 4) is 12.5 Å². The fraction of sp³-hybridized carbons (Fsp3) is 0.778. The summed E-state index contributed by atoms with van der Waals surface area (Å²) in [5.41, 5.74) is 2.01. The van der Waals surface area contributed by atoms with Crippen LogP contribution in [0.15, 0.2) is 59.6 Å². The van der Waals surface area contributed by atoms with E-state index in [1.807, 2.05) is 18.4 Å². The minimum Gasteiger partial charge on any atom is -0.427 e. The quantitative estimate of drug-likeness (QED) is 0.0833. The third kappa shape index (κ3) is 21.1. The zero-order valence-electron chi connectivity index (χ0n) is 41.9. The molecular weight excluding hydrogens is 769 g/mol. The summed E-state index contributed by atoms with van der Waals surface area (Å²) in [4.78, 5) is 28.3. The molecule has 8 atom stereocenters. The van der Waals surface area contributed by atoms with Gasteiger partial charge in [-0.15, -0.1) is 13.2 Å². The predicted octanol–water partition coefficient (Wildman–Crippen LogP) is 14.8. The van der Waals surface area contributed by atoms with Crippen LogP contribution < -0.4 is 0 Å². The van der Waals surface area contributed by atoms with Gasteiger partial charge in [0.25, 0.3) is 12.5 Å². The average molecular weight is 857 g/mol. The van der Waals surface area contributed by atoms with Gasteiger partial charge in [0.05, 0.1) is 12.6 Å². The van der Waals surface area contributed by atoms with Crippen LogP contribution in [0.1, 0.15) is 187 Å². The van der Waals surface area contributed by atoms with Gasteiger partial charge in [0.2, 0.25) is 12.2 Å². The Morgan fingerprint density at radius 2 is 1.03 bits per heavy atom. The fourth-order valence-electron chi connectivity index (χ4n) is 13.0. The van der Waals surface area contributed by atoms with E-state index in [4.69, 9.17) is 20.0 Å². The number of nitriles is 2. The highest BCUT2D eigenvalue weighted by Gasteiger charge is 2.44. The van der Waals surface area contributed by atoms with Crippen LogP contribution in [0.25, 0.3) is 0 Å². The number of aliphatic imine (C=N–C) groups is 2. The maximum absolute atomic E-state index is 10.4. The second-order valence-electron chi connectivity index (χ2n) is 24.3. The molecule has 0 aromatic heterocycles. The number of nitrogens with zero attached hydrogens (tertiary/aromatic N) is 4. The molecule has 348 valence electrons. The monoisotopic (exact) mass is 857 g/mol. The van der Waals surface area contributed by atoms with Crippen molar-refractivity contribution in [2.75, 3.05) is 13.2 Å². The van der Waals surface area contributed by atoms with Crippen molar-refractivity contribution in [3.63, 3.8) is 0 Å². The molecule has 4 aliphatic rings. The Morgan fingerprint density at radius 3 is 1.48 bits per heavy atom. The summed E-state index contributed by atoms with van der Waals surface area (Å²) in [6.07, 6.45) is 35.2. The van der Waals surface area contributed by atoms with Gasteiger partial charge >= 0.3 is 0 Å². The van der Waals surface area contributed by atoms with Crippen molar-refractivity contribution in [2.24, 2.45) is 65.1 Å². The van der Waals surface area contributed by atoms with Crippen LogP contribution in [-0.2, 0) is 19.1 Å². The smallest absolute Gasteiger partial charge is 0.286 e. The molecule has 0 radical (unpaired) electrons. The largest absolute Gasteiger partial charge is 0.427 e. The van der Waals surface area contributed by atoms with E-state index in [9.17, 15) is 9.59 Å². The number of isocyanates is 2. The van der Waals surface area contributed by atoms with Gasteiger partial charge in [-0.25, -0.2) is 19.6 Å². The summed E-state index contributed by atoms with van der Waals surface area (Å²) in [7, 11) is 0. The molecule has 8 unspecified atom stereocenters. The molecule has 0 aliphatic heterocycles. The van der Waals surface area contributed by atoms with Gasteiger partial charge in [-0.3, -0.25) is 0 Å².